The van der Waals surface area contributed by atoms with Gasteiger partial charge in [-0.3, -0.25) is 0 Å². The summed E-state index contributed by atoms with van der Waals surface area (Å²) in [5.41, 5.74) is 1.04. The lowest BCUT2D eigenvalue weighted by Crippen LogP contribution is -2.35. The van der Waals surface area contributed by atoms with Gasteiger partial charge in [-0.05, 0) is 42.9 Å². The second kappa shape index (κ2) is 7.21. The van der Waals surface area contributed by atoms with Crippen LogP contribution in [0.3, 0.4) is 0 Å². The molecule has 0 spiro atoms. The molecule has 112 valence electrons. The molecular weight excluding hydrogens is 270 g/mol. The topological polar surface area (TPSA) is 21.3 Å². The van der Waals surface area contributed by atoms with Crippen LogP contribution in [-0.2, 0) is 0 Å². The quantitative estimate of drug-likeness (QED) is 0.789. The van der Waals surface area contributed by atoms with Gasteiger partial charge in [-0.2, -0.15) is 0 Å². The molecule has 1 aliphatic carbocycles. The van der Waals surface area contributed by atoms with E-state index < -0.39 is 0 Å². The minimum Gasteiger partial charge on any atom is -0.491 e. The fourth-order valence-electron chi connectivity index (χ4n) is 2.94. The molecule has 0 aromatic heterocycles. The van der Waals surface area contributed by atoms with Crippen LogP contribution in [0.2, 0.25) is 5.02 Å². The molecule has 20 heavy (non-hydrogen) atoms. The SMILES string of the molecule is CCCOc1ccc(Cl)cc1NC1CCCC(C)C1C. The van der Waals surface area contributed by atoms with Crippen LogP contribution in [0.25, 0.3) is 0 Å². The zero-order valence-electron chi connectivity index (χ0n) is 12.8. The first-order valence-electron chi connectivity index (χ1n) is 7.80. The molecule has 3 atom stereocenters. The number of anilines is 1. The minimum atomic E-state index is 0.515. The van der Waals surface area contributed by atoms with Gasteiger partial charge in [0.15, 0.2) is 0 Å². The van der Waals surface area contributed by atoms with Crippen molar-refractivity contribution in [2.75, 3.05) is 11.9 Å². The van der Waals surface area contributed by atoms with E-state index in [1.807, 2.05) is 18.2 Å². The van der Waals surface area contributed by atoms with Crippen molar-refractivity contribution in [3.63, 3.8) is 0 Å². The number of benzene rings is 1. The van der Waals surface area contributed by atoms with Crippen molar-refractivity contribution in [1.82, 2.24) is 0 Å². The van der Waals surface area contributed by atoms with Crippen molar-refractivity contribution in [1.29, 1.82) is 0 Å². The Labute approximate surface area is 127 Å². The lowest BCUT2D eigenvalue weighted by molar-refractivity contribution is 0.252. The van der Waals surface area contributed by atoms with Gasteiger partial charge in [0.05, 0.1) is 12.3 Å². The molecule has 1 aromatic rings. The van der Waals surface area contributed by atoms with E-state index in [-0.39, 0.29) is 0 Å². The second-order valence-corrected chi connectivity index (χ2v) is 6.44. The maximum Gasteiger partial charge on any atom is 0.142 e. The lowest BCUT2D eigenvalue weighted by Gasteiger charge is -2.35. The molecule has 0 radical (unpaired) electrons. The van der Waals surface area contributed by atoms with Crippen molar-refractivity contribution in [3.05, 3.63) is 23.2 Å². The normalized spacial score (nSPS) is 26.3. The Hall–Kier alpha value is -0.890. The highest BCUT2D eigenvalue weighted by Crippen LogP contribution is 2.35. The highest BCUT2D eigenvalue weighted by atomic mass is 35.5. The van der Waals surface area contributed by atoms with E-state index in [0.29, 0.717) is 12.0 Å². The van der Waals surface area contributed by atoms with Crippen LogP contribution in [-0.4, -0.2) is 12.6 Å². The van der Waals surface area contributed by atoms with E-state index >= 15 is 0 Å². The summed E-state index contributed by atoms with van der Waals surface area (Å²) in [5, 5.41) is 4.43. The summed E-state index contributed by atoms with van der Waals surface area (Å²) in [6.07, 6.45) is 4.88. The first-order valence-corrected chi connectivity index (χ1v) is 8.18. The Bertz CT molecular complexity index is 435. The maximum absolute atomic E-state index is 6.14. The van der Waals surface area contributed by atoms with E-state index in [9.17, 15) is 0 Å². The van der Waals surface area contributed by atoms with Gasteiger partial charge in [-0.1, -0.05) is 45.2 Å². The van der Waals surface area contributed by atoms with Crippen LogP contribution >= 0.6 is 11.6 Å². The smallest absolute Gasteiger partial charge is 0.142 e. The third kappa shape index (κ3) is 3.82. The van der Waals surface area contributed by atoms with Crippen molar-refractivity contribution in [2.45, 2.75) is 52.5 Å². The molecule has 1 fully saturated rings. The summed E-state index contributed by atoms with van der Waals surface area (Å²) >= 11 is 6.14. The van der Waals surface area contributed by atoms with Crippen LogP contribution < -0.4 is 10.1 Å². The molecule has 2 nitrogen and oxygen atoms in total. The largest absolute Gasteiger partial charge is 0.491 e. The summed E-state index contributed by atoms with van der Waals surface area (Å²) in [6.45, 7) is 7.56. The molecule has 2 rings (SSSR count). The average molecular weight is 296 g/mol. The van der Waals surface area contributed by atoms with Gasteiger partial charge in [0.2, 0.25) is 0 Å². The van der Waals surface area contributed by atoms with Gasteiger partial charge < -0.3 is 10.1 Å². The summed E-state index contributed by atoms with van der Waals surface area (Å²) in [7, 11) is 0. The van der Waals surface area contributed by atoms with Crippen molar-refractivity contribution in [2.24, 2.45) is 11.8 Å². The molecule has 0 bridgehead atoms. The van der Waals surface area contributed by atoms with Gasteiger partial charge >= 0.3 is 0 Å². The van der Waals surface area contributed by atoms with Crippen molar-refractivity contribution in [3.8, 4) is 5.75 Å². The molecule has 0 heterocycles. The van der Waals surface area contributed by atoms with E-state index in [1.54, 1.807) is 0 Å². The third-order valence-corrected chi connectivity index (χ3v) is 4.69. The van der Waals surface area contributed by atoms with Gasteiger partial charge in [0.1, 0.15) is 5.75 Å². The summed E-state index contributed by atoms with van der Waals surface area (Å²) in [5.74, 6) is 2.38. The Morgan fingerprint density at radius 3 is 2.85 bits per heavy atom. The van der Waals surface area contributed by atoms with Crippen LogP contribution in [0.5, 0.6) is 5.75 Å². The standard InChI is InChI=1S/C17H26ClNO/c1-4-10-20-17-9-8-14(18)11-16(17)19-15-7-5-6-12(2)13(15)3/h8-9,11-13,15,19H,4-7,10H2,1-3H3. The zero-order chi connectivity index (χ0) is 14.5. The fourth-order valence-corrected chi connectivity index (χ4v) is 3.11. The third-order valence-electron chi connectivity index (χ3n) is 4.45. The van der Waals surface area contributed by atoms with Crippen LogP contribution in [0.15, 0.2) is 18.2 Å². The Balaban J connectivity index is 2.12. The second-order valence-electron chi connectivity index (χ2n) is 6.01. The van der Waals surface area contributed by atoms with E-state index in [0.717, 1.165) is 35.4 Å². The molecule has 1 aliphatic rings. The van der Waals surface area contributed by atoms with Gasteiger partial charge in [-0.15, -0.1) is 0 Å². The van der Waals surface area contributed by atoms with Gasteiger partial charge in [0, 0.05) is 11.1 Å². The van der Waals surface area contributed by atoms with Crippen molar-refractivity contribution >= 4 is 17.3 Å². The fraction of sp³-hybridized carbons (Fsp3) is 0.647. The summed E-state index contributed by atoms with van der Waals surface area (Å²) in [6, 6.07) is 6.36. The minimum absolute atomic E-state index is 0.515. The maximum atomic E-state index is 6.14. The molecule has 0 saturated heterocycles. The molecule has 3 unspecified atom stereocenters. The Morgan fingerprint density at radius 2 is 2.10 bits per heavy atom. The number of ether oxygens (including phenoxy) is 1. The lowest BCUT2D eigenvalue weighted by atomic mass is 9.78. The highest BCUT2D eigenvalue weighted by molar-refractivity contribution is 6.30. The molecule has 0 amide bonds. The average Bonchev–Trinajstić information content (AvgIpc) is 2.43. The number of rotatable bonds is 5. The molecule has 1 aromatic carbocycles. The number of halogens is 1. The number of hydrogen-bond donors (Lipinski definition) is 1. The summed E-state index contributed by atoms with van der Waals surface area (Å²) < 4.78 is 5.82. The molecule has 0 aliphatic heterocycles. The molecule has 3 heteroatoms. The van der Waals surface area contributed by atoms with Gasteiger partial charge in [0.25, 0.3) is 0 Å². The Kier molecular flexibility index (Phi) is 5.59. The van der Waals surface area contributed by atoms with Crippen LogP contribution in [0, 0.1) is 11.8 Å². The predicted molar refractivity (Wildman–Crippen MR) is 86.8 cm³/mol. The first-order chi connectivity index (χ1) is 9.61. The van der Waals surface area contributed by atoms with Crippen LogP contribution in [0.1, 0.15) is 46.5 Å². The predicted octanol–water partition coefficient (Wildman–Crippen LogP) is 5.37. The van der Waals surface area contributed by atoms with E-state index in [4.69, 9.17) is 16.3 Å². The van der Waals surface area contributed by atoms with Crippen LogP contribution in [0.4, 0.5) is 5.69 Å². The molecule has 1 saturated carbocycles. The monoisotopic (exact) mass is 295 g/mol. The summed E-state index contributed by atoms with van der Waals surface area (Å²) in [4.78, 5) is 0. The number of nitrogens with one attached hydrogen (secondary N) is 1. The number of hydrogen-bond acceptors (Lipinski definition) is 2. The first kappa shape index (κ1) is 15.5. The van der Waals surface area contributed by atoms with Gasteiger partial charge in [-0.25, -0.2) is 0 Å². The van der Waals surface area contributed by atoms with E-state index in [2.05, 4.69) is 26.1 Å². The zero-order valence-corrected chi connectivity index (χ0v) is 13.5. The van der Waals surface area contributed by atoms with E-state index in [1.165, 1.54) is 19.3 Å². The molecule has 1 N–H and O–H groups in total. The van der Waals surface area contributed by atoms with Crippen molar-refractivity contribution < 1.29 is 4.74 Å². The highest BCUT2D eigenvalue weighted by Gasteiger charge is 2.27. The Morgan fingerprint density at radius 1 is 1.30 bits per heavy atom. The molecular formula is C17H26ClNO.